The summed E-state index contributed by atoms with van der Waals surface area (Å²) in [5, 5.41) is 7.65. The predicted octanol–water partition coefficient (Wildman–Crippen LogP) is 0.986. The van der Waals surface area contributed by atoms with E-state index in [4.69, 9.17) is 11.6 Å². The van der Waals surface area contributed by atoms with Crippen molar-refractivity contribution in [2.24, 2.45) is 7.05 Å². The summed E-state index contributed by atoms with van der Waals surface area (Å²) in [5.41, 5.74) is 0. The molecular formula is C6H10ClN3. The summed E-state index contributed by atoms with van der Waals surface area (Å²) in [6, 6.07) is 0. The molecule has 3 nitrogen and oxygen atoms in total. The summed E-state index contributed by atoms with van der Waals surface area (Å²) in [7, 11) is 1.93. The number of nitrogens with zero attached hydrogens (tertiary/aromatic N) is 3. The standard InChI is InChI=1S/C6H10ClN3/c1-10-5-8-9-6(10)3-2-4-7/h5H,2-4H2,1H3. The lowest BCUT2D eigenvalue weighted by Crippen LogP contribution is -1.97. The van der Waals surface area contributed by atoms with Crippen molar-refractivity contribution in [2.45, 2.75) is 12.8 Å². The van der Waals surface area contributed by atoms with E-state index in [0.717, 1.165) is 18.7 Å². The highest BCUT2D eigenvalue weighted by Crippen LogP contribution is 1.97. The molecule has 0 N–H and O–H groups in total. The van der Waals surface area contributed by atoms with E-state index < -0.39 is 0 Å². The fraction of sp³-hybridized carbons (Fsp3) is 0.667. The third-order valence-electron chi connectivity index (χ3n) is 1.34. The Hall–Kier alpha value is -0.570. The van der Waals surface area contributed by atoms with E-state index in [1.54, 1.807) is 6.33 Å². The maximum absolute atomic E-state index is 5.51. The molecule has 0 radical (unpaired) electrons. The van der Waals surface area contributed by atoms with Crippen molar-refractivity contribution in [1.29, 1.82) is 0 Å². The Balaban J connectivity index is 2.49. The van der Waals surface area contributed by atoms with Crippen molar-refractivity contribution in [1.82, 2.24) is 14.8 Å². The zero-order valence-corrected chi connectivity index (χ0v) is 6.67. The Kier molecular flexibility index (Phi) is 2.68. The molecule has 0 saturated heterocycles. The molecule has 1 rings (SSSR count). The normalized spacial score (nSPS) is 10.2. The first-order chi connectivity index (χ1) is 4.84. The minimum Gasteiger partial charge on any atom is -0.321 e. The molecule has 0 bridgehead atoms. The molecule has 1 aromatic heterocycles. The van der Waals surface area contributed by atoms with Gasteiger partial charge in [0, 0.05) is 19.3 Å². The zero-order chi connectivity index (χ0) is 7.40. The first kappa shape index (κ1) is 7.54. The van der Waals surface area contributed by atoms with E-state index in [9.17, 15) is 0 Å². The summed E-state index contributed by atoms with van der Waals surface area (Å²) in [4.78, 5) is 0. The van der Waals surface area contributed by atoms with Crippen LogP contribution < -0.4 is 0 Å². The second-order valence-corrected chi connectivity index (χ2v) is 2.53. The summed E-state index contributed by atoms with van der Waals surface area (Å²) >= 11 is 5.51. The molecular weight excluding hydrogens is 150 g/mol. The van der Waals surface area contributed by atoms with Gasteiger partial charge < -0.3 is 4.57 Å². The highest BCUT2D eigenvalue weighted by atomic mass is 35.5. The Bertz CT molecular complexity index is 197. The van der Waals surface area contributed by atoms with Gasteiger partial charge in [-0.25, -0.2) is 0 Å². The van der Waals surface area contributed by atoms with Gasteiger partial charge in [0.25, 0.3) is 0 Å². The molecule has 0 aliphatic rings. The van der Waals surface area contributed by atoms with Gasteiger partial charge in [-0.3, -0.25) is 0 Å². The molecule has 0 amide bonds. The number of rotatable bonds is 3. The van der Waals surface area contributed by atoms with Crippen molar-refractivity contribution >= 4 is 11.6 Å². The lowest BCUT2D eigenvalue weighted by atomic mass is 10.3. The zero-order valence-electron chi connectivity index (χ0n) is 5.92. The summed E-state index contributed by atoms with van der Waals surface area (Å²) < 4.78 is 1.91. The van der Waals surface area contributed by atoms with Crippen LogP contribution in [0.4, 0.5) is 0 Å². The Morgan fingerprint density at radius 2 is 2.50 bits per heavy atom. The minimum atomic E-state index is 0.687. The molecule has 0 saturated carbocycles. The molecule has 0 aliphatic heterocycles. The highest BCUT2D eigenvalue weighted by Gasteiger charge is 1.97. The second kappa shape index (κ2) is 3.56. The number of aryl methyl sites for hydroxylation is 2. The van der Waals surface area contributed by atoms with Gasteiger partial charge >= 0.3 is 0 Å². The molecule has 0 spiro atoms. The van der Waals surface area contributed by atoms with Crippen LogP contribution in [0.5, 0.6) is 0 Å². The van der Waals surface area contributed by atoms with Gasteiger partial charge in [-0.05, 0) is 6.42 Å². The molecule has 0 aromatic carbocycles. The van der Waals surface area contributed by atoms with E-state index in [-0.39, 0.29) is 0 Å². The Morgan fingerprint density at radius 3 is 3.00 bits per heavy atom. The van der Waals surface area contributed by atoms with Gasteiger partial charge in [0.1, 0.15) is 12.2 Å². The number of halogens is 1. The van der Waals surface area contributed by atoms with Crippen LogP contribution >= 0.6 is 11.6 Å². The molecule has 56 valence electrons. The van der Waals surface area contributed by atoms with E-state index in [1.165, 1.54) is 0 Å². The first-order valence-corrected chi connectivity index (χ1v) is 3.77. The molecule has 0 unspecified atom stereocenters. The Labute approximate surface area is 65.0 Å². The second-order valence-electron chi connectivity index (χ2n) is 2.15. The lowest BCUT2D eigenvalue weighted by molar-refractivity contribution is 0.759. The smallest absolute Gasteiger partial charge is 0.132 e. The number of aromatic nitrogens is 3. The van der Waals surface area contributed by atoms with Gasteiger partial charge in [-0.2, -0.15) is 0 Å². The molecule has 0 aliphatic carbocycles. The molecule has 0 atom stereocenters. The van der Waals surface area contributed by atoms with Gasteiger partial charge in [0.05, 0.1) is 0 Å². The average Bonchev–Trinajstić information content (AvgIpc) is 2.31. The highest BCUT2D eigenvalue weighted by molar-refractivity contribution is 6.17. The van der Waals surface area contributed by atoms with Crippen LogP contribution in [0.2, 0.25) is 0 Å². The van der Waals surface area contributed by atoms with Crippen LogP contribution in [-0.4, -0.2) is 20.6 Å². The third-order valence-corrected chi connectivity index (χ3v) is 1.61. The first-order valence-electron chi connectivity index (χ1n) is 3.23. The Morgan fingerprint density at radius 1 is 1.70 bits per heavy atom. The number of hydrogen-bond donors (Lipinski definition) is 0. The van der Waals surface area contributed by atoms with Crippen molar-refractivity contribution in [3.8, 4) is 0 Å². The van der Waals surface area contributed by atoms with Crippen LogP contribution in [0.15, 0.2) is 6.33 Å². The quantitative estimate of drug-likeness (QED) is 0.616. The van der Waals surface area contributed by atoms with E-state index >= 15 is 0 Å². The van der Waals surface area contributed by atoms with Crippen LogP contribution in [0.1, 0.15) is 12.2 Å². The lowest BCUT2D eigenvalue weighted by Gasteiger charge is -1.95. The van der Waals surface area contributed by atoms with Crippen LogP contribution in [0, 0.1) is 0 Å². The van der Waals surface area contributed by atoms with Gasteiger partial charge in [0.2, 0.25) is 0 Å². The van der Waals surface area contributed by atoms with Gasteiger partial charge in [0.15, 0.2) is 0 Å². The van der Waals surface area contributed by atoms with Gasteiger partial charge in [-0.1, -0.05) is 0 Å². The minimum absolute atomic E-state index is 0.687. The largest absolute Gasteiger partial charge is 0.321 e. The fourth-order valence-electron chi connectivity index (χ4n) is 0.758. The molecule has 1 heterocycles. The maximum atomic E-state index is 5.51. The topological polar surface area (TPSA) is 30.7 Å². The molecule has 0 fully saturated rings. The van der Waals surface area contributed by atoms with Crippen LogP contribution in [0.3, 0.4) is 0 Å². The van der Waals surface area contributed by atoms with E-state index in [1.807, 2.05) is 11.6 Å². The van der Waals surface area contributed by atoms with Crippen molar-refractivity contribution in [3.63, 3.8) is 0 Å². The van der Waals surface area contributed by atoms with Crippen molar-refractivity contribution in [2.75, 3.05) is 5.88 Å². The van der Waals surface area contributed by atoms with E-state index in [0.29, 0.717) is 5.88 Å². The SMILES string of the molecule is Cn1cnnc1CCCCl. The number of hydrogen-bond acceptors (Lipinski definition) is 2. The molecule has 1 aromatic rings. The fourth-order valence-corrected chi connectivity index (χ4v) is 0.892. The summed E-state index contributed by atoms with van der Waals surface area (Å²) in [6.07, 6.45) is 3.58. The molecule has 4 heteroatoms. The van der Waals surface area contributed by atoms with Crippen molar-refractivity contribution < 1.29 is 0 Å². The third kappa shape index (κ3) is 1.70. The summed E-state index contributed by atoms with van der Waals surface area (Å²) in [6.45, 7) is 0. The number of alkyl halides is 1. The van der Waals surface area contributed by atoms with E-state index in [2.05, 4.69) is 10.2 Å². The van der Waals surface area contributed by atoms with Crippen molar-refractivity contribution in [3.05, 3.63) is 12.2 Å². The average molecular weight is 160 g/mol. The summed E-state index contributed by atoms with van der Waals surface area (Å²) in [5.74, 6) is 1.69. The van der Waals surface area contributed by atoms with Gasteiger partial charge in [-0.15, -0.1) is 21.8 Å². The monoisotopic (exact) mass is 159 g/mol. The van der Waals surface area contributed by atoms with Crippen LogP contribution in [-0.2, 0) is 13.5 Å². The maximum Gasteiger partial charge on any atom is 0.132 e. The molecule has 10 heavy (non-hydrogen) atoms. The predicted molar refractivity (Wildman–Crippen MR) is 40.0 cm³/mol. The van der Waals surface area contributed by atoms with Crippen LogP contribution in [0.25, 0.3) is 0 Å².